The average molecular weight is 228 g/mol. The van der Waals surface area contributed by atoms with E-state index in [9.17, 15) is 5.11 Å². The van der Waals surface area contributed by atoms with Crippen molar-refractivity contribution in [2.45, 2.75) is 13.0 Å². The van der Waals surface area contributed by atoms with Crippen molar-refractivity contribution in [2.24, 2.45) is 0 Å². The number of hydrogen-bond donors (Lipinski definition) is 1. The highest BCUT2D eigenvalue weighted by atomic mass is 16.5. The van der Waals surface area contributed by atoms with Gasteiger partial charge in [0.1, 0.15) is 11.9 Å². The van der Waals surface area contributed by atoms with E-state index in [2.05, 4.69) is 6.58 Å². The Bertz CT molecular complexity index is 558. The van der Waals surface area contributed by atoms with Gasteiger partial charge in [0, 0.05) is 5.39 Å². The van der Waals surface area contributed by atoms with Gasteiger partial charge in [-0.05, 0) is 29.5 Å². The third-order valence-corrected chi connectivity index (χ3v) is 2.90. The first-order chi connectivity index (χ1) is 8.15. The maximum Gasteiger partial charge on any atom is 0.126 e. The molecule has 0 aliphatic heterocycles. The molecule has 0 spiro atoms. The van der Waals surface area contributed by atoms with E-state index in [-0.39, 0.29) is 0 Å². The minimum Gasteiger partial charge on any atom is -0.496 e. The van der Waals surface area contributed by atoms with Gasteiger partial charge in [-0.3, -0.25) is 0 Å². The lowest BCUT2D eigenvalue weighted by Crippen LogP contribution is -1.99. The summed E-state index contributed by atoms with van der Waals surface area (Å²) in [4.78, 5) is 0. The molecule has 0 heterocycles. The van der Waals surface area contributed by atoms with E-state index in [1.54, 1.807) is 7.11 Å². The molecule has 2 nitrogen and oxygen atoms in total. The van der Waals surface area contributed by atoms with E-state index in [4.69, 9.17) is 4.74 Å². The normalized spacial score (nSPS) is 12.4. The molecule has 0 aromatic heterocycles. The summed E-state index contributed by atoms with van der Waals surface area (Å²) in [7, 11) is 1.65. The van der Waals surface area contributed by atoms with E-state index < -0.39 is 6.10 Å². The molecule has 2 aromatic rings. The Hall–Kier alpha value is -1.80. The summed E-state index contributed by atoms with van der Waals surface area (Å²) in [6, 6.07) is 11.7. The van der Waals surface area contributed by atoms with Crippen molar-refractivity contribution >= 4 is 10.8 Å². The molecule has 88 valence electrons. The molecule has 0 saturated heterocycles. The zero-order chi connectivity index (χ0) is 12.4. The average Bonchev–Trinajstić information content (AvgIpc) is 2.36. The van der Waals surface area contributed by atoms with E-state index >= 15 is 0 Å². The van der Waals surface area contributed by atoms with Gasteiger partial charge in [-0.2, -0.15) is 0 Å². The van der Waals surface area contributed by atoms with Crippen LogP contribution in [-0.4, -0.2) is 12.2 Å². The number of aliphatic hydroxyl groups excluding tert-OH is 1. The Morgan fingerprint density at radius 1 is 1.18 bits per heavy atom. The molecule has 2 heteroatoms. The molecule has 0 fully saturated rings. The minimum absolute atomic E-state index is 0.634. The standard InChI is InChI=1S/C15H16O2/c1-10(2)15(16)13-8-9-14(17-3)12-7-5-4-6-11(12)13/h4-9,15-16H,1H2,2-3H3. The molecule has 1 N–H and O–H groups in total. The van der Waals surface area contributed by atoms with Gasteiger partial charge < -0.3 is 9.84 Å². The Labute approximate surface area is 101 Å². The summed E-state index contributed by atoms with van der Waals surface area (Å²) in [5, 5.41) is 12.1. The lowest BCUT2D eigenvalue weighted by atomic mass is 9.96. The lowest BCUT2D eigenvalue weighted by Gasteiger charge is -2.15. The quantitative estimate of drug-likeness (QED) is 0.815. The SMILES string of the molecule is C=C(C)C(O)c1ccc(OC)c2ccccc12. The van der Waals surface area contributed by atoms with Gasteiger partial charge in [-0.15, -0.1) is 0 Å². The van der Waals surface area contributed by atoms with Crippen LogP contribution in [0.5, 0.6) is 5.75 Å². The highest BCUT2D eigenvalue weighted by molar-refractivity contribution is 5.91. The van der Waals surface area contributed by atoms with E-state index in [1.807, 2.05) is 43.3 Å². The van der Waals surface area contributed by atoms with Crippen molar-refractivity contribution in [3.63, 3.8) is 0 Å². The maximum atomic E-state index is 10.1. The number of methoxy groups -OCH3 is 1. The molecular formula is C15H16O2. The number of rotatable bonds is 3. The number of ether oxygens (including phenoxy) is 1. The topological polar surface area (TPSA) is 29.5 Å². The van der Waals surface area contributed by atoms with Gasteiger partial charge in [-0.25, -0.2) is 0 Å². The molecule has 0 radical (unpaired) electrons. The molecular weight excluding hydrogens is 212 g/mol. The van der Waals surface area contributed by atoms with Crippen LogP contribution in [0.25, 0.3) is 10.8 Å². The molecule has 2 rings (SSSR count). The second-order valence-electron chi connectivity index (χ2n) is 4.15. The van der Waals surface area contributed by atoms with Crippen LogP contribution in [0.15, 0.2) is 48.6 Å². The highest BCUT2D eigenvalue weighted by Crippen LogP contribution is 2.33. The predicted octanol–water partition coefficient (Wildman–Crippen LogP) is 3.46. The zero-order valence-corrected chi connectivity index (χ0v) is 10.1. The predicted molar refractivity (Wildman–Crippen MR) is 70.3 cm³/mol. The lowest BCUT2D eigenvalue weighted by molar-refractivity contribution is 0.218. The van der Waals surface area contributed by atoms with Crippen molar-refractivity contribution < 1.29 is 9.84 Å². The van der Waals surface area contributed by atoms with Crippen LogP contribution >= 0.6 is 0 Å². The molecule has 0 saturated carbocycles. The second kappa shape index (κ2) is 4.60. The third kappa shape index (κ3) is 2.04. The first-order valence-electron chi connectivity index (χ1n) is 5.54. The summed E-state index contributed by atoms with van der Waals surface area (Å²) in [5.74, 6) is 0.818. The fraction of sp³-hybridized carbons (Fsp3) is 0.200. The first-order valence-corrected chi connectivity index (χ1v) is 5.54. The third-order valence-electron chi connectivity index (χ3n) is 2.90. The van der Waals surface area contributed by atoms with Crippen LogP contribution in [0.4, 0.5) is 0 Å². The van der Waals surface area contributed by atoms with Gasteiger partial charge in [0.15, 0.2) is 0 Å². The van der Waals surface area contributed by atoms with Crippen LogP contribution in [0.2, 0.25) is 0 Å². The van der Waals surface area contributed by atoms with Crippen molar-refractivity contribution in [3.8, 4) is 5.75 Å². The molecule has 0 aliphatic rings. The zero-order valence-electron chi connectivity index (χ0n) is 10.1. The van der Waals surface area contributed by atoms with Crippen LogP contribution in [-0.2, 0) is 0 Å². The van der Waals surface area contributed by atoms with Gasteiger partial charge >= 0.3 is 0 Å². The van der Waals surface area contributed by atoms with E-state index in [0.717, 1.165) is 27.7 Å². The molecule has 0 bridgehead atoms. The summed E-state index contributed by atoms with van der Waals surface area (Å²) in [5.41, 5.74) is 1.61. The summed E-state index contributed by atoms with van der Waals surface area (Å²) >= 11 is 0. The van der Waals surface area contributed by atoms with Gasteiger partial charge in [0.25, 0.3) is 0 Å². The summed E-state index contributed by atoms with van der Waals surface area (Å²) < 4.78 is 5.32. The van der Waals surface area contributed by atoms with Gasteiger partial charge in [0.2, 0.25) is 0 Å². The van der Waals surface area contributed by atoms with Crippen molar-refractivity contribution in [2.75, 3.05) is 7.11 Å². The first kappa shape index (κ1) is 11.7. The number of fused-ring (bicyclic) bond motifs is 1. The van der Waals surface area contributed by atoms with E-state index in [1.165, 1.54) is 0 Å². The smallest absolute Gasteiger partial charge is 0.126 e. The Morgan fingerprint density at radius 2 is 1.82 bits per heavy atom. The summed E-state index contributed by atoms with van der Waals surface area (Å²) in [6.45, 7) is 5.62. The molecule has 2 aromatic carbocycles. The highest BCUT2D eigenvalue weighted by Gasteiger charge is 2.13. The second-order valence-corrected chi connectivity index (χ2v) is 4.15. The van der Waals surface area contributed by atoms with Crippen molar-refractivity contribution in [3.05, 3.63) is 54.1 Å². The molecule has 0 aliphatic carbocycles. The molecule has 1 unspecified atom stereocenters. The summed E-state index contributed by atoms with van der Waals surface area (Å²) in [6.07, 6.45) is -0.634. The Balaban J connectivity index is 2.70. The molecule has 17 heavy (non-hydrogen) atoms. The van der Waals surface area contributed by atoms with Gasteiger partial charge in [0.05, 0.1) is 7.11 Å². The fourth-order valence-electron chi connectivity index (χ4n) is 1.98. The molecule has 0 amide bonds. The van der Waals surface area contributed by atoms with Crippen LogP contribution in [0.1, 0.15) is 18.6 Å². The van der Waals surface area contributed by atoms with Crippen LogP contribution in [0, 0.1) is 0 Å². The van der Waals surface area contributed by atoms with Crippen LogP contribution < -0.4 is 4.74 Å². The Morgan fingerprint density at radius 3 is 2.41 bits per heavy atom. The van der Waals surface area contributed by atoms with E-state index in [0.29, 0.717) is 0 Å². The number of benzene rings is 2. The number of hydrogen-bond acceptors (Lipinski definition) is 2. The molecule has 1 atom stereocenters. The fourth-order valence-corrected chi connectivity index (χ4v) is 1.98. The largest absolute Gasteiger partial charge is 0.496 e. The maximum absolute atomic E-state index is 10.1. The van der Waals surface area contributed by atoms with Crippen LogP contribution in [0.3, 0.4) is 0 Å². The van der Waals surface area contributed by atoms with Crippen molar-refractivity contribution in [1.82, 2.24) is 0 Å². The van der Waals surface area contributed by atoms with Crippen molar-refractivity contribution in [1.29, 1.82) is 0 Å². The monoisotopic (exact) mass is 228 g/mol. The van der Waals surface area contributed by atoms with Gasteiger partial charge in [-0.1, -0.05) is 36.9 Å². The number of aliphatic hydroxyl groups is 1. The minimum atomic E-state index is -0.634. The Kier molecular flexibility index (Phi) is 3.16.